The second-order valence-corrected chi connectivity index (χ2v) is 8.38. The molecule has 8 heteroatoms. The molecule has 31 heavy (non-hydrogen) atoms. The lowest BCUT2D eigenvalue weighted by Gasteiger charge is -2.38. The summed E-state index contributed by atoms with van der Waals surface area (Å²) in [5, 5.41) is 11.8. The summed E-state index contributed by atoms with van der Waals surface area (Å²) in [6, 6.07) is 14.2. The number of anilines is 2. The molecule has 0 saturated carbocycles. The Balaban J connectivity index is 1.72. The van der Waals surface area contributed by atoms with E-state index >= 15 is 0 Å². The smallest absolute Gasteiger partial charge is 0.410 e. The lowest BCUT2D eigenvalue weighted by Crippen LogP contribution is -2.51. The first-order chi connectivity index (χ1) is 14.8. The molecular formula is C23H27N5O3. The highest BCUT2D eigenvalue weighted by Gasteiger charge is 2.32. The number of amides is 3. The van der Waals surface area contributed by atoms with Gasteiger partial charge in [0.15, 0.2) is 0 Å². The van der Waals surface area contributed by atoms with E-state index in [0.717, 1.165) is 5.69 Å². The Kier molecular flexibility index (Phi) is 6.75. The van der Waals surface area contributed by atoms with Crippen molar-refractivity contribution in [2.75, 3.05) is 23.3 Å². The molecule has 1 N–H and O–H groups in total. The number of aromatic nitrogens is 1. The average Bonchev–Trinajstić information content (AvgIpc) is 2.74. The predicted molar refractivity (Wildman–Crippen MR) is 118 cm³/mol. The van der Waals surface area contributed by atoms with Crippen LogP contribution in [0.15, 0.2) is 48.7 Å². The number of carbonyl (C=O) groups excluding carboxylic acids is 2. The largest absolute Gasteiger partial charge is 0.444 e. The summed E-state index contributed by atoms with van der Waals surface area (Å²) in [6.45, 7) is 6.55. The van der Waals surface area contributed by atoms with Gasteiger partial charge in [0, 0.05) is 24.8 Å². The summed E-state index contributed by atoms with van der Waals surface area (Å²) in [5.41, 5.74) is 1.03. The highest BCUT2D eigenvalue weighted by molar-refractivity contribution is 6.02. The molecule has 1 aliphatic heterocycles. The van der Waals surface area contributed by atoms with Gasteiger partial charge in [0.2, 0.25) is 0 Å². The first kappa shape index (κ1) is 22.1. The minimum absolute atomic E-state index is 0.0765. The molecule has 0 bridgehead atoms. The van der Waals surface area contributed by atoms with E-state index < -0.39 is 5.60 Å². The number of ether oxygens (including phenoxy) is 1. The van der Waals surface area contributed by atoms with Crippen LogP contribution in [-0.4, -0.2) is 46.7 Å². The summed E-state index contributed by atoms with van der Waals surface area (Å²) >= 11 is 0. The zero-order chi connectivity index (χ0) is 22.4. The van der Waals surface area contributed by atoms with Crippen molar-refractivity contribution in [2.24, 2.45) is 0 Å². The molecule has 1 aromatic carbocycles. The Morgan fingerprint density at radius 1 is 1.16 bits per heavy atom. The number of hydrogen-bond acceptors (Lipinski definition) is 5. The van der Waals surface area contributed by atoms with Gasteiger partial charge in [-0.3, -0.25) is 4.90 Å². The number of benzene rings is 1. The van der Waals surface area contributed by atoms with Crippen molar-refractivity contribution in [3.63, 3.8) is 0 Å². The Bertz CT molecular complexity index is 940. The Hall–Kier alpha value is -3.60. The molecule has 2 heterocycles. The summed E-state index contributed by atoms with van der Waals surface area (Å²) in [5.74, 6) is 0. The Morgan fingerprint density at radius 3 is 2.39 bits per heavy atom. The predicted octanol–water partition coefficient (Wildman–Crippen LogP) is 4.39. The van der Waals surface area contributed by atoms with E-state index in [-0.39, 0.29) is 23.9 Å². The number of hydrogen-bond donors (Lipinski definition) is 1. The highest BCUT2D eigenvalue weighted by atomic mass is 16.6. The number of para-hydroxylation sites is 1. The summed E-state index contributed by atoms with van der Waals surface area (Å²) in [6.07, 6.45) is 2.40. The van der Waals surface area contributed by atoms with Crippen LogP contribution in [0, 0.1) is 11.3 Å². The second kappa shape index (κ2) is 9.47. The molecule has 0 spiro atoms. The topological polar surface area (TPSA) is 98.6 Å². The fraction of sp³-hybridized carbons (Fsp3) is 0.391. The van der Waals surface area contributed by atoms with Crippen molar-refractivity contribution in [1.82, 2.24) is 9.88 Å². The molecule has 8 nitrogen and oxygen atoms in total. The molecule has 1 saturated heterocycles. The molecular weight excluding hydrogens is 394 g/mol. The molecule has 1 fully saturated rings. The molecule has 1 aromatic heterocycles. The summed E-state index contributed by atoms with van der Waals surface area (Å²) in [4.78, 5) is 33.0. The van der Waals surface area contributed by atoms with Crippen molar-refractivity contribution < 1.29 is 14.3 Å². The van der Waals surface area contributed by atoms with Gasteiger partial charge in [0.05, 0.1) is 11.9 Å². The third-order valence-corrected chi connectivity index (χ3v) is 4.86. The zero-order valence-corrected chi connectivity index (χ0v) is 18.0. The van der Waals surface area contributed by atoms with E-state index in [1.54, 1.807) is 21.9 Å². The van der Waals surface area contributed by atoms with Gasteiger partial charge in [0.1, 0.15) is 17.4 Å². The SMILES string of the molecule is CC(C)(C)OC(=O)N1CCC(N(C(=O)Nc2ccc(C#N)nc2)c2ccccc2)CC1. The van der Waals surface area contributed by atoms with Crippen LogP contribution in [0.3, 0.4) is 0 Å². The first-order valence-electron chi connectivity index (χ1n) is 10.3. The molecule has 0 aliphatic carbocycles. The average molecular weight is 422 g/mol. The Labute approximate surface area is 182 Å². The van der Waals surface area contributed by atoms with Crippen LogP contribution >= 0.6 is 0 Å². The minimum atomic E-state index is -0.543. The van der Waals surface area contributed by atoms with E-state index in [2.05, 4.69) is 10.3 Å². The zero-order valence-electron chi connectivity index (χ0n) is 18.0. The maximum Gasteiger partial charge on any atom is 0.410 e. The van der Waals surface area contributed by atoms with Crippen molar-refractivity contribution in [2.45, 2.75) is 45.3 Å². The van der Waals surface area contributed by atoms with Gasteiger partial charge in [-0.05, 0) is 57.9 Å². The summed E-state index contributed by atoms with van der Waals surface area (Å²) < 4.78 is 5.47. The van der Waals surface area contributed by atoms with Crippen LogP contribution in [0.1, 0.15) is 39.3 Å². The van der Waals surface area contributed by atoms with Gasteiger partial charge in [-0.25, -0.2) is 14.6 Å². The van der Waals surface area contributed by atoms with Crippen molar-refractivity contribution >= 4 is 23.5 Å². The monoisotopic (exact) mass is 421 g/mol. The number of pyridine rings is 1. The number of likely N-dealkylation sites (tertiary alicyclic amines) is 1. The van der Waals surface area contributed by atoms with E-state index in [1.807, 2.05) is 57.2 Å². The molecule has 0 atom stereocenters. The third kappa shape index (κ3) is 5.95. The maximum absolute atomic E-state index is 13.2. The Morgan fingerprint density at radius 2 is 1.84 bits per heavy atom. The number of nitriles is 1. The first-order valence-corrected chi connectivity index (χ1v) is 10.3. The van der Waals surface area contributed by atoms with Crippen LogP contribution in [0.5, 0.6) is 0 Å². The van der Waals surface area contributed by atoms with Crippen LogP contribution in [0.2, 0.25) is 0 Å². The van der Waals surface area contributed by atoms with E-state index in [0.29, 0.717) is 31.6 Å². The number of piperidine rings is 1. The number of nitrogens with zero attached hydrogens (tertiary/aromatic N) is 4. The van der Waals surface area contributed by atoms with Crippen LogP contribution in [0.4, 0.5) is 21.0 Å². The summed E-state index contributed by atoms with van der Waals surface area (Å²) in [7, 11) is 0. The standard InChI is InChI=1S/C23H27N5O3/c1-23(2,3)31-22(30)27-13-11-20(12-14-27)28(19-7-5-4-6-8-19)21(29)26-18-10-9-17(15-24)25-16-18/h4-10,16,20H,11-14H2,1-3H3,(H,26,29). The highest BCUT2D eigenvalue weighted by Crippen LogP contribution is 2.25. The van der Waals surface area contributed by atoms with Gasteiger partial charge in [-0.1, -0.05) is 18.2 Å². The number of rotatable bonds is 3. The van der Waals surface area contributed by atoms with Crippen molar-refractivity contribution in [3.05, 3.63) is 54.4 Å². The quantitative estimate of drug-likeness (QED) is 0.792. The van der Waals surface area contributed by atoms with Gasteiger partial charge in [0.25, 0.3) is 0 Å². The van der Waals surface area contributed by atoms with Crippen molar-refractivity contribution in [1.29, 1.82) is 5.26 Å². The number of carbonyl (C=O) groups is 2. The minimum Gasteiger partial charge on any atom is -0.444 e. The normalized spacial score (nSPS) is 14.5. The molecule has 162 valence electrons. The van der Waals surface area contributed by atoms with Crippen LogP contribution < -0.4 is 10.2 Å². The van der Waals surface area contributed by atoms with E-state index in [1.165, 1.54) is 6.20 Å². The van der Waals surface area contributed by atoms with Crippen molar-refractivity contribution in [3.8, 4) is 6.07 Å². The fourth-order valence-electron chi connectivity index (χ4n) is 3.43. The fourth-order valence-corrected chi connectivity index (χ4v) is 3.43. The lowest BCUT2D eigenvalue weighted by atomic mass is 10.0. The van der Waals surface area contributed by atoms with E-state index in [9.17, 15) is 9.59 Å². The second-order valence-electron chi connectivity index (χ2n) is 8.38. The lowest BCUT2D eigenvalue weighted by molar-refractivity contribution is 0.0206. The van der Waals surface area contributed by atoms with Gasteiger partial charge in [-0.15, -0.1) is 0 Å². The molecule has 3 amide bonds. The van der Waals surface area contributed by atoms with Crippen LogP contribution in [-0.2, 0) is 4.74 Å². The molecule has 0 radical (unpaired) electrons. The number of urea groups is 1. The molecule has 0 unspecified atom stereocenters. The van der Waals surface area contributed by atoms with Gasteiger partial charge >= 0.3 is 12.1 Å². The third-order valence-electron chi connectivity index (χ3n) is 4.86. The molecule has 3 rings (SSSR count). The maximum atomic E-state index is 13.2. The van der Waals surface area contributed by atoms with Gasteiger partial charge < -0.3 is 15.0 Å². The van der Waals surface area contributed by atoms with E-state index in [4.69, 9.17) is 10.00 Å². The van der Waals surface area contributed by atoms with Crippen LogP contribution in [0.25, 0.3) is 0 Å². The van der Waals surface area contributed by atoms with Gasteiger partial charge in [-0.2, -0.15) is 5.26 Å². The molecule has 2 aromatic rings. The number of nitrogens with one attached hydrogen (secondary N) is 1. The molecule has 1 aliphatic rings.